The number of carboxylic acids is 1. The number of nitrogens with one attached hydrogen (secondary N) is 1. The number of rotatable bonds is 5. The summed E-state index contributed by atoms with van der Waals surface area (Å²) >= 11 is 0. The number of carbonyl (C=O) groups is 2. The van der Waals surface area contributed by atoms with Gasteiger partial charge in [-0.2, -0.15) is 0 Å². The Balaban J connectivity index is 2.82. The van der Waals surface area contributed by atoms with Gasteiger partial charge in [0.2, 0.25) is 5.91 Å². The number of aliphatic carboxylic acids is 1. The number of hydrogen-bond donors (Lipinski definition) is 2. The predicted molar refractivity (Wildman–Crippen MR) is 78.9 cm³/mol. The molecule has 0 aliphatic rings. The van der Waals surface area contributed by atoms with E-state index in [1.54, 1.807) is 4.90 Å². The fourth-order valence-electron chi connectivity index (χ4n) is 1.79. The monoisotopic (exact) mass is 278 g/mol. The van der Waals surface area contributed by atoms with Crippen LogP contribution in [-0.4, -0.2) is 35.6 Å². The Morgan fingerprint density at radius 3 is 2.15 bits per heavy atom. The molecule has 0 heterocycles. The molecule has 1 rings (SSSR count). The molecule has 0 spiro atoms. The third-order valence-corrected chi connectivity index (χ3v) is 2.57. The summed E-state index contributed by atoms with van der Waals surface area (Å²) in [5, 5.41) is 11.8. The minimum Gasteiger partial charge on any atom is -0.480 e. The van der Waals surface area contributed by atoms with Crippen molar-refractivity contribution in [1.82, 2.24) is 5.32 Å². The van der Waals surface area contributed by atoms with Crippen LogP contribution in [0.15, 0.2) is 24.3 Å². The van der Waals surface area contributed by atoms with Gasteiger partial charge in [0.05, 0.1) is 6.54 Å². The first-order chi connectivity index (χ1) is 9.17. The number of carboxylic acid groups (broad SMARTS) is 1. The van der Waals surface area contributed by atoms with Crippen molar-refractivity contribution < 1.29 is 14.7 Å². The van der Waals surface area contributed by atoms with Crippen LogP contribution in [0, 0.1) is 6.92 Å². The van der Waals surface area contributed by atoms with Crippen molar-refractivity contribution in [3.63, 3.8) is 0 Å². The topological polar surface area (TPSA) is 69.6 Å². The maximum Gasteiger partial charge on any atom is 0.323 e. The summed E-state index contributed by atoms with van der Waals surface area (Å²) in [6.45, 7) is 7.43. The molecule has 0 aromatic heterocycles. The quantitative estimate of drug-likeness (QED) is 0.861. The molecule has 20 heavy (non-hydrogen) atoms. The summed E-state index contributed by atoms with van der Waals surface area (Å²) < 4.78 is 0. The number of anilines is 1. The van der Waals surface area contributed by atoms with Crippen LogP contribution in [0.4, 0.5) is 5.69 Å². The highest BCUT2D eigenvalue weighted by molar-refractivity contribution is 5.84. The number of nitrogens with zero attached hydrogens (tertiary/aromatic N) is 1. The molecule has 1 aromatic rings. The second-order valence-electron chi connectivity index (χ2n) is 5.88. The van der Waals surface area contributed by atoms with E-state index >= 15 is 0 Å². The van der Waals surface area contributed by atoms with Crippen molar-refractivity contribution in [2.75, 3.05) is 18.0 Å². The minimum absolute atomic E-state index is 0.0205. The first-order valence-electron chi connectivity index (χ1n) is 6.52. The zero-order chi connectivity index (χ0) is 15.3. The number of aryl methyl sites for hydroxylation is 1. The number of carbonyl (C=O) groups excluding carboxylic acids is 1. The van der Waals surface area contributed by atoms with E-state index in [4.69, 9.17) is 5.11 Å². The maximum absolute atomic E-state index is 11.9. The van der Waals surface area contributed by atoms with E-state index in [9.17, 15) is 9.59 Å². The first kappa shape index (κ1) is 16.0. The zero-order valence-electron chi connectivity index (χ0n) is 12.4. The van der Waals surface area contributed by atoms with Crippen LogP contribution in [-0.2, 0) is 9.59 Å². The molecule has 0 atom stereocenters. The summed E-state index contributed by atoms with van der Waals surface area (Å²) in [6.07, 6.45) is 0. The van der Waals surface area contributed by atoms with Crippen LogP contribution in [0.3, 0.4) is 0 Å². The van der Waals surface area contributed by atoms with E-state index in [0.29, 0.717) is 0 Å². The van der Waals surface area contributed by atoms with Crippen molar-refractivity contribution in [1.29, 1.82) is 0 Å². The van der Waals surface area contributed by atoms with Crippen molar-refractivity contribution in [3.05, 3.63) is 29.8 Å². The number of amides is 1. The highest BCUT2D eigenvalue weighted by Crippen LogP contribution is 2.14. The Labute approximate surface area is 119 Å². The van der Waals surface area contributed by atoms with Gasteiger partial charge < -0.3 is 15.3 Å². The molecule has 0 saturated carbocycles. The van der Waals surface area contributed by atoms with Crippen molar-refractivity contribution >= 4 is 17.6 Å². The highest BCUT2D eigenvalue weighted by Gasteiger charge is 2.18. The van der Waals surface area contributed by atoms with Crippen molar-refractivity contribution in [2.24, 2.45) is 0 Å². The number of hydrogen-bond acceptors (Lipinski definition) is 3. The molecule has 1 amide bonds. The summed E-state index contributed by atoms with van der Waals surface area (Å²) in [5.41, 5.74) is 1.48. The van der Waals surface area contributed by atoms with Gasteiger partial charge >= 0.3 is 5.97 Å². The summed E-state index contributed by atoms with van der Waals surface area (Å²) in [5.74, 6) is -1.16. The molecule has 2 N–H and O–H groups in total. The molecule has 0 aliphatic carbocycles. The standard InChI is InChI=1S/C15H22N2O3/c1-11-5-7-12(8-6-11)17(10-14(19)20)9-13(18)16-15(2,3)4/h5-8H,9-10H2,1-4H3,(H,16,18)(H,19,20). The van der Waals surface area contributed by atoms with E-state index in [-0.39, 0.29) is 24.5 Å². The fraction of sp³-hybridized carbons (Fsp3) is 0.467. The molecule has 1 aromatic carbocycles. The molecule has 5 nitrogen and oxygen atoms in total. The van der Waals surface area contributed by atoms with Crippen LogP contribution in [0.5, 0.6) is 0 Å². The summed E-state index contributed by atoms with van der Waals surface area (Å²) in [6, 6.07) is 7.43. The lowest BCUT2D eigenvalue weighted by Crippen LogP contribution is -2.47. The Kier molecular flexibility index (Phi) is 5.13. The summed E-state index contributed by atoms with van der Waals surface area (Å²) in [4.78, 5) is 24.4. The largest absolute Gasteiger partial charge is 0.480 e. The Morgan fingerprint density at radius 1 is 1.15 bits per heavy atom. The second-order valence-corrected chi connectivity index (χ2v) is 5.88. The molecule has 0 radical (unpaired) electrons. The molecule has 0 unspecified atom stereocenters. The van der Waals surface area contributed by atoms with Crippen LogP contribution >= 0.6 is 0 Å². The predicted octanol–water partition coefficient (Wildman–Crippen LogP) is 1.80. The molecule has 5 heteroatoms. The second kappa shape index (κ2) is 6.41. The van der Waals surface area contributed by atoms with Crippen molar-refractivity contribution in [3.8, 4) is 0 Å². The van der Waals surface area contributed by atoms with Crippen LogP contribution < -0.4 is 10.2 Å². The van der Waals surface area contributed by atoms with Gasteiger partial charge in [0.1, 0.15) is 6.54 Å². The van der Waals surface area contributed by atoms with Gasteiger partial charge in [-0.25, -0.2) is 0 Å². The van der Waals surface area contributed by atoms with Gasteiger partial charge in [-0.05, 0) is 39.8 Å². The zero-order valence-corrected chi connectivity index (χ0v) is 12.4. The van der Waals surface area contributed by atoms with Crippen LogP contribution in [0.2, 0.25) is 0 Å². The normalized spacial score (nSPS) is 11.0. The van der Waals surface area contributed by atoms with Gasteiger partial charge in [0, 0.05) is 11.2 Å². The smallest absolute Gasteiger partial charge is 0.323 e. The van der Waals surface area contributed by atoms with Gasteiger partial charge in [-0.15, -0.1) is 0 Å². The van der Waals surface area contributed by atoms with Gasteiger partial charge in [0.25, 0.3) is 0 Å². The average Bonchev–Trinajstić information content (AvgIpc) is 2.25. The lowest BCUT2D eigenvalue weighted by molar-refractivity contribution is -0.135. The SMILES string of the molecule is Cc1ccc(N(CC(=O)O)CC(=O)NC(C)(C)C)cc1. The van der Waals surface area contributed by atoms with E-state index in [1.165, 1.54) is 0 Å². The first-order valence-corrected chi connectivity index (χ1v) is 6.52. The fourth-order valence-corrected chi connectivity index (χ4v) is 1.79. The molecule has 0 saturated heterocycles. The maximum atomic E-state index is 11.9. The lowest BCUT2D eigenvalue weighted by atomic mass is 10.1. The van der Waals surface area contributed by atoms with Gasteiger partial charge in [-0.3, -0.25) is 9.59 Å². The van der Waals surface area contributed by atoms with E-state index in [0.717, 1.165) is 11.3 Å². The molecular weight excluding hydrogens is 256 g/mol. The molecule has 0 bridgehead atoms. The minimum atomic E-state index is -0.964. The molecule has 110 valence electrons. The molecular formula is C15H22N2O3. The van der Waals surface area contributed by atoms with E-state index < -0.39 is 5.97 Å². The van der Waals surface area contributed by atoms with Crippen LogP contribution in [0.1, 0.15) is 26.3 Å². The Hall–Kier alpha value is -2.04. The van der Waals surface area contributed by atoms with E-state index in [2.05, 4.69) is 5.32 Å². The summed E-state index contributed by atoms with van der Waals surface area (Å²) in [7, 11) is 0. The van der Waals surface area contributed by atoms with Crippen LogP contribution in [0.25, 0.3) is 0 Å². The molecule has 0 aliphatic heterocycles. The third-order valence-electron chi connectivity index (χ3n) is 2.57. The third kappa shape index (κ3) is 5.73. The highest BCUT2D eigenvalue weighted by atomic mass is 16.4. The average molecular weight is 278 g/mol. The number of benzene rings is 1. The lowest BCUT2D eigenvalue weighted by Gasteiger charge is -2.26. The van der Waals surface area contributed by atoms with Gasteiger partial charge in [-0.1, -0.05) is 17.7 Å². The Morgan fingerprint density at radius 2 is 1.70 bits per heavy atom. The molecule has 0 fully saturated rings. The van der Waals surface area contributed by atoms with Gasteiger partial charge in [0.15, 0.2) is 0 Å². The van der Waals surface area contributed by atoms with Crippen molar-refractivity contribution in [2.45, 2.75) is 33.2 Å². The Bertz CT molecular complexity index is 475. The van der Waals surface area contributed by atoms with E-state index in [1.807, 2.05) is 52.0 Å².